The van der Waals surface area contributed by atoms with Crippen molar-refractivity contribution < 1.29 is 4.79 Å². The fourth-order valence-electron chi connectivity index (χ4n) is 4.27. The van der Waals surface area contributed by atoms with E-state index in [2.05, 4.69) is 20.1 Å². The van der Waals surface area contributed by atoms with E-state index < -0.39 is 0 Å². The lowest BCUT2D eigenvalue weighted by Gasteiger charge is -2.36. The second kappa shape index (κ2) is 10.6. The minimum absolute atomic E-state index is 0.0290. The number of nitrogens with one attached hydrogen (secondary N) is 1. The van der Waals surface area contributed by atoms with Crippen LogP contribution in [0.2, 0.25) is 10.0 Å². The summed E-state index contributed by atoms with van der Waals surface area (Å²) in [6, 6.07) is 11.6. The second-order valence-corrected chi connectivity index (χ2v) is 9.13. The smallest absolute Gasteiger partial charge is 0.253 e. The number of carbonyl (C=O) groups excluding carboxylic acids is 1. The van der Waals surface area contributed by atoms with E-state index in [-0.39, 0.29) is 5.91 Å². The van der Waals surface area contributed by atoms with Crippen molar-refractivity contribution in [1.82, 2.24) is 19.8 Å². The van der Waals surface area contributed by atoms with Gasteiger partial charge in [-0.1, -0.05) is 29.3 Å². The molecule has 2 aromatic heterocycles. The molecule has 1 fully saturated rings. The summed E-state index contributed by atoms with van der Waals surface area (Å²) in [4.78, 5) is 21.7. The van der Waals surface area contributed by atoms with Crippen molar-refractivity contribution in [3.8, 4) is 11.3 Å². The molecule has 3 aromatic rings. The molecule has 6 nitrogen and oxygen atoms in total. The summed E-state index contributed by atoms with van der Waals surface area (Å²) in [6.07, 6.45) is 4.47. The van der Waals surface area contributed by atoms with Crippen molar-refractivity contribution in [3.05, 3.63) is 70.1 Å². The number of amides is 1. The topological polar surface area (TPSA) is 53.4 Å². The molecule has 1 saturated heterocycles. The highest BCUT2D eigenvalue weighted by atomic mass is 35.5. The average Bonchev–Trinajstić information content (AvgIpc) is 3.14. The molecule has 1 N–H and O–H groups in total. The molecule has 0 aliphatic carbocycles. The summed E-state index contributed by atoms with van der Waals surface area (Å²) in [5.41, 5.74) is 4.65. The molecule has 8 heteroatoms. The van der Waals surface area contributed by atoms with Crippen LogP contribution in [0.5, 0.6) is 0 Å². The molecular formula is C25H29Cl2N5O. The molecule has 0 spiro atoms. The van der Waals surface area contributed by atoms with E-state index in [4.69, 9.17) is 23.2 Å². The molecule has 4 rings (SSSR count). The predicted molar refractivity (Wildman–Crippen MR) is 135 cm³/mol. The Morgan fingerprint density at radius 1 is 1.12 bits per heavy atom. The number of hydrogen-bond acceptors (Lipinski definition) is 4. The summed E-state index contributed by atoms with van der Waals surface area (Å²) < 4.78 is 2.04. The van der Waals surface area contributed by atoms with Crippen LogP contribution in [0.3, 0.4) is 0 Å². The molecule has 0 radical (unpaired) electrons. The number of aromatic nitrogens is 2. The van der Waals surface area contributed by atoms with Crippen LogP contribution >= 0.6 is 23.2 Å². The molecule has 1 amide bonds. The quantitative estimate of drug-likeness (QED) is 0.495. The molecule has 0 saturated carbocycles. The third-order valence-corrected chi connectivity index (χ3v) is 7.13. The van der Waals surface area contributed by atoms with Gasteiger partial charge in [0.05, 0.1) is 27.0 Å². The molecule has 1 aliphatic heterocycles. The van der Waals surface area contributed by atoms with E-state index in [0.717, 1.165) is 61.8 Å². The standard InChI is InChI=1S/C25H29Cl2N5O/c1-18-20(16-23(30(18)2)19-6-4-9-28-17-19)25(33)29-10-5-11-31-12-14-32(15-13-31)22-8-3-7-21(26)24(22)27/h3-4,6-9,16-17H,5,10-15H2,1-2H3,(H,29,33). The van der Waals surface area contributed by atoms with Gasteiger partial charge in [0.1, 0.15) is 0 Å². The molecular weight excluding hydrogens is 457 g/mol. The van der Waals surface area contributed by atoms with Gasteiger partial charge in [-0.05, 0) is 50.2 Å². The summed E-state index contributed by atoms with van der Waals surface area (Å²) >= 11 is 12.5. The first-order valence-electron chi connectivity index (χ1n) is 11.2. The first-order chi connectivity index (χ1) is 16.0. The molecule has 1 aromatic carbocycles. The van der Waals surface area contributed by atoms with Crippen molar-refractivity contribution in [1.29, 1.82) is 0 Å². The van der Waals surface area contributed by atoms with Crippen molar-refractivity contribution in [2.45, 2.75) is 13.3 Å². The zero-order chi connectivity index (χ0) is 23.4. The largest absolute Gasteiger partial charge is 0.368 e. The van der Waals surface area contributed by atoms with Crippen LogP contribution in [0.4, 0.5) is 5.69 Å². The average molecular weight is 486 g/mol. The summed E-state index contributed by atoms with van der Waals surface area (Å²) in [5, 5.41) is 4.30. The maximum absolute atomic E-state index is 12.8. The van der Waals surface area contributed by atoms with Crippen molar-refractivity contribution in [2.75, 3.05) is 44.2 Å². The van der Waals surface area contributed by atoms with E-state index in [1.54, 1.807) is 6.20 Å². The van der Waals surface area contributed by atoms with Crippen LogP contribution in [0.1, 0.15) is 22.5 Å². The fourth-order valence-corrected chi connectivity index (χ4v) is 4.68. The Balaban J connectivity index is 1.24. The molecule has 3 heterocycles. The first kappa shape index (κ1) is 23.6. The first-order valence-corrected chi connectivity index (χ1v) is 12.0. The Morgan fingerprint density at radius 2 is 1.91 bits per heavy atom. The number of pyridine rings is 1. The van der Waals surface area contributed by atoms with Crippen molar-refractivity contribution in [2.24, 2.45) is 7.05 Å². The Kier molecular flexibility index (Phi) is 7.58. The third-order valence-electron chi connectivity index (χ3n) is 6.32. The van der Waals surface area contributed by atoms with E-state index >= 15 is 0 Å². The maximum Gasteiger partial charge on any atom is 0.253 e. The molecule has 174 valence electrons. The molecule has 0 unspecified atom stereocenters. The van der Waals surface area contributed by atoms with Crippen LogP contribution in [0, 0.1) is 6.92 Å². The van der Waals surface area contributed by atoms with Crippen LogP contribution in [0.25, 0.3) is 11.3 Å². The van der Waals surface area contributed by atoms with Gasteiger partial charge < -0.3 is 14.8 Å². The number of piperazine rings is 1. The Morgan fingerprint density at radius 3 is 2.64 bits per heavy atom. The maximum atomic E-state index is 12.8. The third kappa shape index (κ3) is 5.35. The second-order valence-electron chi connectivity index (χ2n) is 8.34. The lowest BCUT2D eigenvalue weighted by Crippen LogP contribution is -2.47. The fraction of sp³-hybridized carbons (Fsp3) is 0.360. The highest BCUT2D eigenvalue weighted by Crippen LogP contribution is 2.32. The van der Waals surface area contributed by atoms with Gasteiger partial charge in [-0.3, -0.25) is 14.7 Å². The lowest BCUT2D eigenvalue weighted by atomic mass is 10.2. The van der Waals surface area contributed by atoms with Gasteiger partial charge >= 0.3 is 0 Å². The minimum Gasteiger partial charge on any atom is -0.368 e. The van der Waals surface area contributed by atoms with Crippen molar-refractivity contribution >= 4 is 34.8 Å². The summed E-state index contributed by atoms with van der Waals surface area (Å²) in [5.74, 6) is -0.0290. The van der Waals surface area contributed by atoms with Gasteiger partial charge in [-0.2, -0.15) is 0 Å². The Labute approximate surface area is 205 Å². The number of rotatable bonds is 7. The van der Waals surface area contributed by atoms with Gasteiger partial charge in [0.2, 0.25) is 0 Å². The molecule has 33 heavy (non-hydrogen) atoms. The monoisotopic (exact) mass is 485 g/mol. The van der Waals surface area contributed by atoms with Gasteiger partial charge in [0, 0.05) is 63.4 Å². The summed E-state index contributed by atoms with van der Waals surface area (Å²) in [6.45, 7) is 7.31. The highest BCUT2D eigenvalue weighted by Gasteiger charge is 2.20. The van der Waals surface area contributed by atoms with E-state index in [1.165, 1.54) is 0 Å². The summed E-state index contributed by atoms with van der Waals surface area (Å²) in [7, 11) is 1.98. The zero-order valence-corrected chi connectivity index (χ0v) is 20.5. The van der Waals surface area contributed by atoms with Gasteiger partial charge in [0.25, 0.3) is 5.91 Å². The minimum atomic E-state index is -0.0290. The zero-order valence-electron chi connectivity index (χ0n) is 19.0. The van der Waals surface area contributed by atoms with Crippen LogP contribution in [0.15, 0.2) is 48.8 Å². The molecule has 1 aliphatic rings. The van der Waals surface area contributed by atoms with E-state index in [1.807, 2.05) is 61.1 Å². The molecule has 0 bridgehead atoms. The normalized spacial score (nSPS) is 14.5. The van der Waals surface area contributed by atoms with Crippen LogP contribution < -0.4 is 10.2 Å². The lowest BCUT2D eigenvalue weighted by molar-refractivity contribution is 0.0951. The van der Waals surface area contributed by atoms with E-state index in [9.17, 15) is 4.79 Å². The van der Waals surface area contributed by atoms with E-state index in [0.29, 0.717) is 22.2 Å². The molecule has 0 atom stereocenters. The predicted octanol–water partition coefficient (Wildman–Crippen LogP) is 4.64. The number of nitrogens with zero attached hydrogens (tertiary/aromatic N) is 4. The highest BCUT2D eigenvalue weighted by molar-refractivity contribution is 6.43. The van der Waals surface area contributed by atoms with Crippen LogP contribution in [-0.4, -0.2) is 59.6 Å². The number of hydrogen-bond donors (Lipinski definition) is 1. The van der Waals surface area contributed by atoms with Gasteiger partial charge in [0.15, 0.2) is 0 Å². The Hall–Kier alpha value is -2.54. The number of anilines is 1. The van der Waals surface area contributed by atoms with Crippen LogP contribution in [-0.2, 0) is 7.05 Å². The van der Waals surface area contributed by atoms with Gasteiger partial charge in [-0.25, -0.2) is 0 Å². The number of halogens is 2. The van der Waals surface area contributed by atoms with Gasteiger partial charge in [-0.15, -0.1) is 0 Å². The Bertz CT molecular complexity index is 1110. The number of carbonyl (C=O) groups is 1. The number of benzene rings is 1. The van der Waals surface area contributed by atoms with Crippen molar-refractivity contribution in [3.63, 3.8) is 0 Å². The SMILES string of the molecule is Cc1c(C(=O)NCCCN2CCN(c3cccc(Cl)c3Cl)CC2)cc(-c2cccnc2)n1C.